The van der Waals surface area contributed by atoms with Gasteiger partial charge in [-0.1, -0.05) is 36.4 Å². The van der Waals surface area contributed by atoms with E-state index in [1.54, 1.807) is 24.3 Å². The smallest absolute Gasteiger partial charge is 0.287 e. The highest BCUT2D eigenvalue weighted by molar-refractivity contribution is 5.93. The van der Waals surface area contributed by atoms with Crippen LogP contribution in [0.2, 0.25) is 0 Å². The minimum absolute atomic E-state index is 0.0253. The number of carbonyl (C=O) groups is 1. The van der Waals surface area contributed by atoms with Crippen molar-refractivity contribution >= 4 is 16.9 Å². The van der Waals surface area contributed by atoms with Gasteiger partial charge in [-0.3, -0.25) is 9.59 Å². The van der Waals surface area contributed by atoms with Crippen molar-refractivity contribution in [3.05, 3.63) is 81.7 Å². The van der Waals surface area contributed by atoms with Gasteiger partial charge in [0.15, 0.2) is 11.2 Å². The predicted octanol–water partition coefficient (Wildman–Crippen LogP) is 3.03. The first-order chi connectivity index (χ1) is 10.6. The molecule has 2 aromatic carbocycles. The number of fused-ring (bicyclic) bond motifs is 1. The van der Waals surface area contributed by atoms with Crippen molar-refractivity contribution in [3.63, 3.8) is 0 Å². The monoisotopic (exact) mass is 293 g/mol. The summed E-state index contributed by atoms with van der Waals surface area (Å²) < 4.78 is 5.51. The Morgan fingerprint density at radius 3 is 2.64 bits per heavy atom. The standard InChI is InChI=1S/C18H15NO3/c1-12-6-2-3-7-13(12)11-19-18(21)17-10-15(20)14-8-4-5-9-16(14)22-17/h2-10H,11H2,1H3,(H,19,21). The van der Waals surface area contributed by atoms with Gasteiger partial charge >= 0.3 is 0 Å². The molecule has 0 spiro atoms. The lowest BCUT2D eigenvalue weighted by Gasteiger charge is -2.07. The number of hydrogen-bond donors (Lipinski definition) is 1. The van der Waals surface area contributed by atoms with E-state index in [2.05, 4.69) is 5.32 Å². The van der Waals surface area contributed by atoms with E-state index in [9.17, 15) is 9.59 Å². The molecule has 0 saturated heterocycles. The summed E-state index contributed by atoms with van der Waals surface area (Å²) in [5.41, 5.74) is 2.32. The number of nitrogens with one attached hydrogen (secondary N) is 1. The van der Waals surface area contributed by atoms with Gasteiger partial charge in [-0.25, -0.2) is 0 Å². The fraction of sp³-hybridized carbons (Fsp3) is 0.111. The van der Waals surface area contributed by atoms with E-state index in [1.807, 2.05) is 31.2 Å². The Bertz CT molecular complexity index is 896. The summed E-state index contributed by atoms with van der Waals surface area (Å²) >= 11 is 0. The third kappa shape index (κ3) is 2.76. The van der Waals surface area contributed by atoms with Crippen LogP contribution >= 0.6 is 0 Å². The summed E-state index contributed by atoms with van der Waals surface area (Å²) in [4.78, 5) is 24.2. The second-order valence-corrected chi connectivity index (χ2v) is 5.08. The first-order valence-corrected chi connectivity index (χ1v) is 7.01. The Morgan fingerprint density at radius 1 is 1.09 bits per heavy atom. The molecule has 4 heteroatoms. The van der Waals surface area contributed by atoms with Crippen LogP contribution in [0.5, 0.6) is 0 Å². The van der Waals surface area contributed by atoms with E-state index in [4.69, 9.17) is 4.42 Å². The Labute approximate surface area is 127 Å². The van der Waals surface area contributed by atoms with Crippen molar-refractivity contribution in [1.82, 2.24) is 5.32 Å². The molecule has 3 aromatic rings. The van der Waals surface area contributed by atoms with Crippen molar-refractivity contribution in [2.45, 2.75) is 13.5 Å². The summed E-state index contributed by atoms with van der Waals surface area (Å²) in [6, 6.07) is 15.9. The maximum absolute atomic E-state index is 12.2. The first kappa shape index (κ1) is 14.1. The molecule has 110 valence electrons. The third-order valence-corrected chi connectivity index (χ3v) is 3.56. The molecule has 3 rings (SSSR count). The normalized spacial score (nSPS) is 10.6. The van der Waals surface area contributed by atoms with E-state index >= 15 is 0 Å². The molecule has 1 heterocycles. The van der Waals surface area contributed by atoms with Crippen LogP contribution in [0.25, 0.3) is 11.0 Å². The lowest BCUT2D eigenvalue weighted by atomic mass is 10.1. The largest absolute Gasteiger partial charge is 0.451 e. The second kappa shape index (κ2) is 5.85. The Balaban J connectivity index is 1.84. The zero-order valence-corrected chi connectivity index (χ0v) is 12.1. The van der Waals surface area contributed by atoms with Crippen LogP contribution in [-0.2, 0) is 6.54 Å². The van der Waals surface area contributed by atoms with E-state index in [1.165, 1.54) is 6.07 Å². The van der Waals surface area contributed by atoms with Crippen LogP contribution in [0.1, 0.15) is 21.7 Å². The third-order valence-electron chi connectivity index (χ3n) is 3.56. The maximum Gasteiger partial charge on any atom is 0.287 e. The molecular weight excluding hydrogens is 278 g/mol. The molecule has 0 atom stereocenters. The van der Waals surface area contributed by atoms with Gasteiger partial charge in [0.2, 0.25) is 0 Å². The van der Waals surface area contributed by atoms with Crippen molar-refractivity contribution in [3.8, 4) is 0 Å². The van der Waals surface area contributed by atoms with Crippen LogP contribution in [-0.4, -0.2) is 5.91 Å². The molecule has 0 fully saturated rings. The summed E-state index contributed by atoms with van der Waals surface area (Å²) in [6.45, 7) is 2.37. The molecule has 0 aliphatic rings. The highest BCUT2D eigenvalue weighted by Gasteiger charge is 2.12. The minimum Gasteiger partial charge on any atom is -0.451 e. The quantitative estimate of drug-likeness (QED) is 0.807. The van der Waals surface area contributed by atoms with Crippen LogP contribution in [0.4, 0.5) is 0 Å². The van der Waals surface area contributed by atoms with Gasteiger partial charge in [-0.05, 0) is 30.2 Å². The molecule has 1 aromatic heterocycles. The average molecular weight is 293 g/mol. The molecule has 0 aliphatic heterocycles. The molecular formula is C18H15NO3. The van der Waals surface area contributed by atoms with Crippen molar-refractivity contribution < 1.29 is 9.21 Å². The molecule has 0 bridgehead atoms. The number of rotatable bonds is 3. The lowest BCUT2D eigenvalue weighted by molar-refractivity contribution is 0.0923. The summed E-state index contributed by atoms with van der Waals surface area (Å²) in [6.07, 6.45) is 0. The van der Waals surface area contributed by atoms with E-state index in [-0.39, 0.29) is 11.2 Å². The number of aryl methyl sites for hydroxylation is 1. The first-order valence-electron chi connectivity index (χ1n) is 7.01. The molecule has 0 radical (unpaired) electrons. The van der Waals surface area contributed by atoms with Gasteiger partial charge in [-0.2, -0.15) is 0 Å². The van der Waals surface area contributed by atoms with E-state index in [0.29, 0.717) is 17.5 Å². The van der Waals surface area contributed by atoms with E-state index < -0.39 is 5.91 Å². The molecule has 22 heavy (non-hydrogen) atoms. The summed E-state index contributed by atoms with van der Waals surface area (Å²) in [7, 11) is 0. The minimum atomic E-state index is -0.397. The van der Waals surface area contributed by atoms with Crippen LogP contribution in [0.3, 0.4) is 0 Å². The van der Waals surface area contributed by atoms with Gasteiger partial charge in [0.05, 0.1) is 5.39 Å². The van der Waals surface area contributed by atoms with Gasteiger partial charge < -0.3 is 9.73 Å². The zero-order valence-electron chi connectivity index (χ0n) is 12.1. The Morgan fingerprint density at radius 2 is 1.82 bits per heavy atom. The Hall–Kier alpha value is -2.88. The predicted molar refractivity (Wildman–Crippen MR) is 84.8 cm³/mol. The lowest BCUT2D eigenvalue weighted by Crippen LogP contribution is -2.24. The highest BCUT2D eigenvalue weighted by atomic mass is 16.3. The van der Waals surface area contributed by atoms with Crippen molar-refractivity contribution in [2.75, 3.05) is 0 Å². The van der Waals surface area contributed by atoms with Gasteiger partial charge in [-0.15, -0.1) is 0 Å². The van der Waals surface area contributed by atoms with E-state index in [0.717, 1.165) is 11.1 Å². The van der Waals surface area contributed by atoms with Gasteiger partial charge in [0.25, 0.3) is 5.91 Å². The van der Waals surface area contributed by atoms with Gasteiger partial charge in [0, 0.05) is 12.6 Å². The molecule has 0 aliphatic carbocycles. The van der Waals surface area contributed by atoms with Crippen LogP contribution in [0, 0.1) is 6.92 Å². The number of amides is 1. The average Bonchev–Trinajstić information content (AvgIpc) is 2.54. The fourth-order valence-corrected chi connectivity index (χ4v) is 2.29. The number of benzene rings is 2. The summed E-state index contributed by atoms with van der Waals surface area (Å²) in [5, 5.41) is 3.25. The molecule has 4 nitrogen and oxygen atoms in total. The zero-order chi connectivity index (χ0) is 15.5. The highest BCUT2D eigenvalue weighted by Crippen LogP contribution is 2.12. The molecule has 1 N–H and O–H groups in total. The molecule has 0 saturated carbocycles. The number of hydrogen-bond acceptors (Lipinski definition) is 3. The SMILES string of the molecule is Cc1ccccc1CNC(=O)c1cc(=O)c2ccccc2o1. The molecule has 0 unspecified atom stereocenters. The number of carbonyl (C=O) groups excluding carboxylic acids is 1. The van der Waals surface area contributed by atoms with Crippen molar-refractivity contribution in [2.24, 2.45) is 0 Å². The fourth-order valence-electron chi connectivity index (χ4n) is 2.29. The topological polar surface area (TPSA) is 59.3 Å². The Kier molecular flexibility index (Phi) is 3.74. The maximum atomic E-state index is 12.2. The second-order valence-electron chi connectivity index (χ2n) is 5.08. The van der Waals surface area contributed by atoms with Crippen LogP contribution < -0.4 is 10.7 Å². The van der Waals surface area contributed by atoms with Crippen molar-refractivity contribution in [1.29, 1.82) is 0 Å². The van der Waals surface area contributed by atoms with Gasteiger partial charge in [0.1, 0.15) is 5.58 Å². The van der Waals surface area contributed by atoms with Crippen LogP contribution in [0.15, 0.2) is 63.8 Å². The number of para-hydroxylation sites is 1. The summed E-state index contributed by atoms with van der Waals surface area (Å²) in [5.74, 6) is -0.372. The molecule has 1 amide bonds.